The smallest absolute Gasteiger partial charge is 0.310 e. The number of carbonyl (C=O) groups excluding carboxylic acids is 4. The van der Waals surface area contributed by atoms with Gasteiger partial charge in [0.1, 0.15) is 0 Å². The number of esters is 2. The molecule has 0 bridgehead atoms. The van der Waals surface area contributed by atoms with Gasteiger partial charge in [0.25, 0.3) is 0 Å². The summed E-state index contributed by atoms with van der Waals surface area (Å²) >= 11 is 12.1. The van der Waals surface area contributed by atoms with Crippen molar-refractivity contribution in [2.45, 2.75) is 23.7 Å². The Bertz CT molecular complexity index is 1360. The number of methoxy groups -OCH3 is 2. The van der Waals surface area contributed by atoms with Crippen molar-refractivity contribution in [3.63, 3.8) is 0 Å². The molecule has 2 aromatic rings. The first-order chi connectivity index (χ1) is 19.1. The van der Waals surface area contributed by atoms with Gasteiger partial charge in [0.05, 0.1) is 36.9 Å². The van der Waals surface area contributed by atoms with E-state index >= 15 is 0 Å². The summed E-state index contributed by atoms with van der Waals surface area (Å²) in [7, 11) is 2.68. The number of nitrogens with zero attached hydrogens (tertiary/aromatic N) is 2. The molecule has 4 aliphatic rings. The number of amides is 2. The van der Waals surface area contributed by atoms with Crippen molar-refractivity contribution in [1.29, 1.82) is 0 Å². The molecule has 2 aliphatic carbocycles. The lowest BCUT2D eigenvalue weighted by molar-refractivity contribution is -0.144. The van der Waals surface area contributed by atoms with Gasteiger partial charge in [-0.15, -0.1) is 13.2 Å². The highest BCUT2D eigenvalue weighted by Gasteiger charge is 2.71. The molecule has 4 atom stereocenters. The van der Waals surface area contributed by atoms with E-state index in [1.54, 1.807) is 46.2 Å². The molecule has 0 N–H and O–H groups in total. The van der Waals surface area contributed by atoms with E-state index in [1.807, 2.05) is 12.1 Å². The molecule has 0 saturated heterocycles. The Kier molecular flexibility index (Phi) is 7.04. The summed E-state index contributed by atoms with van der Waals surface area (Å²) in [4.78, 5) is 52.3. The van der Waals surface area contributed by atoms with Crippen LogP contribution in [0.1, 0.15) is 24.0 Å². The van der Waals surface area contributed by atoms with Crippen LogP contribution in [0.2, 0.25) is 10.0 Å². The lowest BCUT2D eigenvalue weighted by Gasteiger charge is -2.15. The molecule has 2 aromatic carbocycles. The van der Waals surface area contributed by atoms with Gasteiger partial charge in [0.15, 0.2) is 0 Å². The van der Waals surface area contributed by atoms with Gasteiger partial charge < -0.3 is 19.3 Å². The number of anilines is 2. The molecule has 2 spiro atoms. The fourth-order valence-corrected chi connectivity index (χ4v) is 6.55. The van der Waals surface area contributed by atoms with Crippen molar-refractivity contribution < 1.29 is 28.7 Å². The summed E-state index contributed by atoms with van der Waals surface area (Å²) in [5, 5.41) is 1.12. The summed E-state index contributed by atoms with van der Waals surface area (Å²) in [5.74, 6) is -1.64. The quantitative estimate of drug-likeness (QED) is 0.365. The van der Waals surface area contributed by atoms with Crippen molar-refractivity contribution in [1.82, 2.24) is 0 Å². The predicted octanol–water partition coefficient (Wildman–Crippen LogP) is 4.61. The molecule has 8 nitrogen and oxygen atoms in total. The Morgan fingerprint density at radius 3 is 1.52 bits per heavy atom. The molecular weight excluding hydrogens is 555 g/mol. The van der Waals surface area contributed by atoms with Crippen molar-refractivity contribution >= 4 is 58.3 Å². The first-order valence-electron chi connectivity index (χ1n) is 12.7. The molecule has 0 radical (unpaired) electrons. The maximum Gasteiger partial charge on any atom is 0.310 e. The third-order valence-electron chi connectivity index (χ3n) is 8.23. The lowest BCUT2D eigenvalue weighted by atomic mass is 9.95. The second-order valence-electron chi connectivity index (χ2n) is 10.2. The van der Waals surface area contributed by atoms with E-state index in [9.17, 15) is 19.2 Å². The van der Waals surface area contributed by atoms with E-state index in [2.05, 4.69) is 13.2 Å². The van der Waals surface area contributed by atoms with E-state index in [-0.39, 0.29) is 23.8 Å². The van der Waals surface area contributed by atoms with E-state index < -0.39 is 22.7 Å². The van der Waals surface area contributed by atoms with Crippen LogP contribution in [0.5, 0.6) is 0 Å². The molecule has 0 aromatic heterocycles. The largest absolute Gasteiger partial charge is 0.469 e. The Morgan fingerprint density at radius 2 is 1.20 bits per heavy atom. The van der Waals surface area contributed by atoms with Crippen LogP contribution in [0.3, 0.4) is 0 Å². The van der Waals surface area contributed by atoms with E-state index in [0.717, 1.165) is 22.5 Å². The fraction of sp³-hybridized carbons (Fsp3) is 0.333. The Hall–Kier alpha value is -3.62. The molecular formula is C30H28Cl2N2O6. The lowest BCUT2D eigenvalue weighted by Crippen LogP contribution is -2.34. The molecule has 0 unspecified atom stereocenters. The second-order valence-corrected chi connectivity index (χ2v) is 11.1. The fourth-order valence-electron chi connectivity index (χ4n) is 6.20. The maximum absolute atomic E-state index is 12.7. The minimum Gasteiger partial charge on any atom is -0.469 e. The number of carbonyl (C=O) groups is 4. The third kappa shape index (κ3) is 3.96. The molecule has 2 saturated carbocycles. The molecule has 40 heavy (non-hydrogen) atoms. The molecule has 10 heteroatoms. The van der Waals surface area contributed by atoms with Crippen LogP contribution in [-0.4, -0.2) is 51.1 Å². The van der Waals surface area contributed by atoms with Crippen LogP contribution in [-0.2, 0) is 39.5 Å². The third-order valence-corrected chi connectivity index (χ3v) is 8.70. The first-order valence-corrected chi connectivity index (χ1v) is 13.5. The summed E-state index contributed by atoms with van der Waals surface area (Å²) < 4.78 is 9.57. The number of halogens is 2. The van der Waals surface area contributed by atoms with Gasteiger partial charge in [0, 0.05) is 34.5 Å². The number of fused-ring (bicyclic) bond motifs is 4. The number of rotatable bonds is 6. The van der Waals surface area contributed by atoms with Gasteiger partial charge in [-0.2, -0.15) is 0 Å². The molecule has 2 heterocycles. The van der Waals surface area contributed by atoms with Crippen LogP contribution in [0, 0.1) is 11.8 Å². The second kappa shape index (κ2) is 10.1. The standard InChI is InChI=1S/2C15H14ClNO3/c2*1-3-6-17-12-5-4-9(16)7-10(12)15(14(17)19)8-11(15)13(18)20-2/h2*3-5,7,11H,1,6,8H2,2H3/t2*11-,15+/m11/s1. The van der Waals surface area contributed by atoms with Crippen LogP contribution < -0.4 is 9.80 Å². The van der Waals surface area contributed by atoms with Gasteiger partial charge in [-0.25, -0.2) is 0 Å². The molecule has 6 rings (SSSR count). The normalized spacial score (nSPS) is 26.6. The average molecular weight is 583 g/mol. The van der Waals surface area contributed by atoms with E-state index in [0.29, 0.717) is 36.0 Å². The minimum absolute atomic E-state index is 0.0648. The van der Waals surface area contributed by atoms with Crippen molar-refractivity contribution in [2.75, 3.05) is 37.1 Å². The number of hydrogen-bond acceptors (Lipinski definition) is 6. The summed E-state index contributed by atoms with van der Waals surface area (Å²) in [5.41, 5.74) is 1.71. The monoisotopic (exact) mass is 582 g/mol. The predicted molar refractivity (Wildman–Crippen MR) is 152 cm³/mol. The molecule has 2 fully saturated rings. The van der Waals surface area contributed by atoms with Crippen LogP contribution in [0.4, 0.5) is 11.4 Å². The highest BCUT2D eigenvalue weighted by molar-refractivity contribution is 6.31. The number of benzene rings is 2. The van der Waals surface area contributed by atoms with E-state index in [4.69, 9.17) is 32.7 Å². The number of hydrogen-bond donors (Lipinski definition) is 0. The van der Waals surface area contributed by atoms with Gasteiger partial charge in [0.2, 0.25) is 11.8 Å². The zero-order chi connectivity index (χ0) is 29.0. The van der Waals surface area contributed by atoms with Crippen molar-refractivity contribution in [2.24, 2.45) is 11.8 Å². The Morgan fingerprint density at radius 1 is 0.825 bits per heavy atom. The molecule has 2 aliphatic heterocycles. The van der Waals surface area contributed by atoms with Crippen LogP contribution in [0.25, 0.3) is 0 Å². The topological polar surface area (TPSA) is 93.2 Å². The van der Waals surface area contributed by atoms with E-state index in [1.165, 1.54) is 14.2 Å². The molecule has 208 valence electrons. The summed E-state index contributed by atoms with van der Waals surface area (Å²) in [6, 6.07) is 10.7. The zero-order valence-corrected chi connectivity index (χ0v) is 23.6. The van der Waals surface area contributed by atoms with Crippen molar-refractivity contribution in [3.8, 4) is 0 Å². The van der Waals surface area contributed by atoms with Crippen molar-refractivity contribution in [3.05, 3.63) is 82.9 Å². The first kappa shape index (κ1) is 27.9. The molecule has 2 amide bonds. The Labute approximate surface area is 242 Å². The Balaban J connectivity index is 0.000000161. The van der Waals surface area contributed by atoms with Gasteiger partial charge >= 0.3 is 11.9 Å². The average Bonchev–Trinajstić information content (AvgIpc) is 3.85. The maximum atomic E-state index is 12.7. The highest BCUT2D eigenvalue weighted by atomic mass is 35.5. The minimum atomic E-state index is -0.781. The SMILES string of the molecule is C=CCN1C(=O)[C@@]2(C[C@@H]2C(=O)OC)c2cc(Cl)ccc21.C=CCN1C(=O)[C@@]2(C[C@@H]2C(=O)OC)c2cc(Cl)ccc21. The number of ether oxygens (including phenoxy) is 2. The van der Waals surface area contributed by atoms with Gasteiger partial charge in [-0.3, -0.25) is 19.2 Å². The summed E-state index contributed by atoms with van der Waals surface area (Å²) in [6.45, 7) is 8.19. The zero-order valence-electron chi connectivity index (χ0n) is 22.1. The van der Waals surface area contributed by atoms with Crippen LogP contribution in [0.15, 0.2) is 61.7 Å². The van der Waals surface area contributed by atoms with Gasteiger partial charge in [-0.05, 0) is 60.4 Å². The summed E-state index contributed by atoms with van der Waals surface area (Å²) in [6.07, 6.45) is 4.31. The van der Waals surface area contributed by atoms with Crippen LogP contribution >= 0.6 is 23.2 Å². The highest BCUT2D eigenvalue weighted by Crippen LogP contribution is 2.63. The van der Waals surface area contributed by atoms with Gasteiger partial charge in [-0.1, -0.05) is 35.4 Å².